The number of para-hydroxylation sites is 1. The zero-order valence-electron chi connectivity index (χ0n) is 18.5. The van der Waals surface area contributed by atoms with Gasteiger partial charge in [-0.3, -0.25) is 14.3 Å². The van der Waals surface area contributed by atoms with Crippen LogP contribution in [0.4, 0.5) is 0 Å². The van der Waals surface area contributed by atoms with Crippen molar-refractivity contribution in [3.63, 3.8) is 0 Å². The summed E-state index contributed by atoms with van der Waals surface area (Å²) in [6.45, 7) is 7.93. The van der Waals surface area contributed by atoms with Gasteiger partial charge in [-0.1, -0.05) is 32.0 Å². The normalized spacial score (nSPS) is 19.1. The van der Waals surface area contributed by atoms with Crippen LogP contribution in [0.5, 0.6) is 5.75 Å². The van der Waals surface area contributed by atoms with Crippen molar-refractivity contribution >= 4 is 5.91 Å². The first kappa shape index (κ1) is 21.6. The van der Waals surface area contributed by atoms with Crippen molar-refractivity contribution < 1.29 is 9.53 Å². The highest BCUT2D eigenvalue weighted by Gasteiger charge is 2.23. The smallest absolute Gasteiger partial charge is 0.345 e. The van der Waals surface area contributed by atoms with E-state index >= 15 is 0 Å². The molecule has 0 aliphatic carbocycles. The second kappa shape index (κ2) is 9.68. The molecule has 0 spiro atoms. The summed E-state index contributed by atoms with van der Waals surface area (Å²) in [6, 6.07) is 8.05. The van der Waals surface area contributed by atoms with Gasteiger partial charge in [-0.25, -0.2) is 9.48 Å². The first-order valence-corrected chi connectivity index (χ1v) is 11.4. The number of aromatic nitrogens is 3. The molecule has 168 valence electrons. The second-order valence-corrected chi connectivity index (χ2v) is 9.01. The summed E-state index contributed by atoms with van der Waals surface area (Å²) in [5.74, 6) is 2.31. The van der Waals surface area contributed by atoms with Crippen LogP contribution in [0.3, 0.4) is 0 Å². The van der Waals surface area contributed by atoms with E-state index in [-0.39, 0.29) is 17.6 Å². The van der Waals surface area contributed by atoms with Gasteiger partial charge in [-0.2, -0.15) is 5.10 Å². The van der Waals surface area contributed by atoms with Crippen LogP contribution in [-0.2, 0) is 30.8 Å². The Balaban J connectivity index is 1.30. The van der Waals surface area contributed by atoms with Crippen LogP contribution in [0.2, 0.25) is 0 Å². The fraction of sp³-hybridized carbons (Fsp3) is 0.609. The maximum atomic E-state index is 12.7. The molecule has 1 aromatic heterocycles. The first-order chi connectivity index (χ1) is 15.0. The van der Waals surface area contributed by atoms with Crippen molar-refractivity contribution in [2.75, 3.05) is 19.7 Å². The van der Waals surface area contributed by atoms with E-state index < -0.39 is 0 Å². The predicted octanol–water partition coefficient (Wildman–Crippen LogP) is 1.81. The molecule has 1 aromatic carbocycles. The molecule has 8 nitrogen and oxygen atoms in total. The number of aryl methyl sites for hydroxylation is 2. The Morgan fingerprint density at radius 1 is 1.26 bits per heavy atom. The molecular weight excluding hydrogens is 394 g/mol. The summed E-state index contributed by atoms with van der Waals surface area (Å²) < 4.78 is 9.18. The Bertz CT molecular complexity index is 964. The summed E-state index contributed by atoms with van der Waals surface area (Å²) in [5, 5.41) is 7.73. The van der Waals surface area contributed by atoms with E-state index in [1.807, 2.05) is 24.3 Å². The first-order valence-electron chi connectivity index (χ1n) is 11.4. The van der Waals surface area contributed by atoms with Crippen LogP contribution in [0.1, 0.15) is 44.5 Å². The van der Waals surface area contributed by atoms with Crippen LogP contribution < -0.4 is 15.7 Å². The number of fused-ring (bicyclic) bond motifs is 2. The third-order valence-corrected chi connectivity index (χ3v) is 6.10. The Morgan fingerprint density at radius 2 is 2.10 bits per heavy atom. The van der Waals surface area contributed by atoms with Crippen molar-refractivity contribution in [2.45, 2.75) is 65.2 Å². The third-order valence-electron chi connectivity index (χ3n) is 6.10. The molecule has 3 heterocycles. The minimum atomic E-state index is -0.0224. The molecule has 0 radical (unpaired) electrons. The lowest BCUT2D eigenvalue weighted by atomic mass is 10.1. The van der Waals surface area contributed by atoms with Crippen molar-refractivity contribution in [1.29, 1.82) is 0 Å². The fourth-order valence-electron chi connectivity index (χ4n) is 4.29. The molecule has 2 aromatic rings. The highest BCUT2D eigenvalue weighted by molar-refractivity contribution is 5.78. The highest BCUT2D eigenvalue weighted by atomic mass is 16.5. The zero-order chi connectivity index (χ0) is 21.8. The molecule has 8 heteroatoms. The molecule has 2 aliphatic rings. The second-order valence-electron chi connectivity index (χ2n) is 9.01. The van der Waals surface area contributed by atoms with Crippen LogP contribution in [0, 0.1) is 5.92 Å². The highest BCUT2D eigenvalue weighted by Crippen LogP contribution is 2.22. The Kier molecular flexibility index (Phi) is 6.75. The largest absolute Gasteiger partial charge is 0.492 e. The number of carbonyl (C=O) groups is 1. The molecule has 0 bridgehead atoms. The van der Waals surface area contributed by atoms with Gasteiger partial charge in [0.2, 0.25) is 5.91 Å². The van der Waals surface area contributed by atoms with Crippen molar-refractivity contribution in [3.05, 3.63) is 46.1 Å². The molecule has 4 rings (SSSR count). The molecule has 1 atom stereocenters. The van der Waals surface area contributed by atoms with Gasteiger partial charge in [0.1, 0.15) is 18.2 Å². The van der Waals surface area contributed by atoms with Crippen LogP contribution in [0.15, 0.2) is 29.1 Å². The Hall–Kier alpha value is -2.61. The number of ether oxygens (including phenoxy) is 1. The van der Waals surface area contributed by atoms with Gasteiger partial charge in [0.15, 0.2) is 0 Å². The summed E-state index contributed by atoms with van der Waals surface area (Å²) in [6.07, 6.45) is 3.21. The molecule has 0 saturated heterocycles. The summed E-state index contributed by atoms with van der Waals surface area (Å²) in [7, 11) is 0. The molecule has 1 unspecified atom stereocenters. The molecular formula is C23H33N5O3. The molecule has 1 N–H and O–H groups in total. The lowest BCUT2D eigenvalue weighted by Crippen LogP contribution is -2.42. The lowest BCUT2D eigenvalue weighted by molar-refractivity contribution is -0.123. The van der Waals surface area contributed by atoms with Gasteiger partial charge in [0.25, 0.3) is 0 Å². The average Bonchev–Trinajstić information content (AvgIpc) is 2.89. The van der Waals surface area contributed by atoms with E-state index in [1.165, 1.54) is 0 Å². The third kappa shape index (κ3) is 5.36. The maximum Gasteiger partial charge on any atom is 0.345 e. The molecule has 31 heavy (non-hydrogen) atoms. The van der Waals surface area contributed by atoms with Gasteiger partial charge in [0.05, 0.1) is 6.54 Å². The fourth-order valence-corrected chi connectivity index (χ4v) is 4.29. The maximum absolute atomic E-state index is 12.7. The number of rotatable bonds is 6. The van der Waals surface area contributed by atoms with E-state index in [0.717, 1.165) is 42.9 Å². The molecule has 0 fully saturated rings. The Morgan fingerprint density at radius 3 is 2.94 bits per heavy atom. The van der Waals surface area contributed by atoms with Gasteiger partial charge >= 0.3 is 5.69 Å². The van der Waals surface area contributed by atoms with Gasteiger partial charge in [-0.05, 0) is 31.2 Å². The van der Waals surface area contributed by atoms with E-state index in [1.54, 1.807) is 9.25 Å². The van der Waals surface area contributed by atoms with E-state index in [4.69, 9.17) is 4.74 Å². The summed E-state index contributed by atoms with van der Waals surface area (Å²) in [5.41, 5.74) is 1.09. The minimum Gasteiger partial charge on any atom is -0.492 e. The predicted molar refractivity (Wildman–Crippen MR) is 118 cm³/mol. The number of hydrogen-bond donors (Lipinski definition) is 1. The van der Waals surface area contributed by atoms with E-state index in [2.05, 4.69) is 29.2 Å². The zero-order valence-corrected chi connectivity index (χ0v) is 18.5. The van der Waals surface area contributed by atoms with Crippen LogP contribution >= 0.6 is 0 Å². The molecule has 0 saturated carbocycles. The monoisotopic (exact) mass is 427 g/mol. The minimum absolute atomic E-state index is 0.0224. The number of nitrogens with one attached hydrogen (secondary N) is 1. The van der Waals surface area contributed by atoms with Gasteiger partial charge < -0.3 is 10.1 Å². The van der Waals surface area contributed by atoms with E-state index in [9.17, 15) is 9.59 Å². The molecule has 1 amide bonds. The quantitative estimate of drug-likeness (QED) is 0.760. The Labute approximate surface area is 183 Å². The topological polar surface area (TPSA) is 81.4 Å². The number of hydrogen-bond acceptors (Lipinski definition) is 5. The van der Waals surface area contributed by atoms with Gasteiger partial charge in [-0.15, -0.1) is 0 Å². The molecule has 2 aliphatic heterocycles. The number of carbonyl (C=O) groups excluding carboxylic acids is 1. The van der Waals surface area contributed by atoms with Gasteiger partial charge in [0, 0.05) is 44.2 Å². The number of nitrogens with zero attached hydrogens (tertiary/aromatic N) is 4. The van der Waals surface area contributed by atoms with Crippen LogP contribution in [-0.4, -0.2) is 50.9 Å². The SMILES string of the molecule is CC(C)CCn1nc2n(c1=O)CCC(NC(=O)CN1CCOc3ccccc3C1)CC2. The van der Waals surface area contributed by atoms with Crippen molar-refractivity contribution in [2.24, 2.45) is 5.92 Å². The number of amides is 1. The van der Waals surface area contributed by atoms with Crippen LogP contribution in [0.25, 0.3) is 0 Å². The van der Waals surface area contributed by atoms with E-state index in [0.29, 0.717) is 45.1 Å². The lowest BCUT2D eigenvalue weighted by Gasteiger charge is -2.21. The summed E-state index contributed by atoms with van der Waals surface area (Å²) >= 11 is 0. The van der Waals surface area contributed by atoms with Crippen molar-refractivity contribution in [3.8, 4) is 5.75 Å². The average molecular weight is 428 g/mol. The summed E-state index contributed by atoms with van der Waals surface area (Å²) in [4.78, 5) is 27.5. The van der Waals surface area contributed by atoms with Crippen molar-refractivity contribution in [1.82, 2.24) is 24.6 Å². The standard InChI is InChI=1S/C23H33N5O3/c1-17(2)9-12-28-23(30)27-11-10-19(7-8-21(27)25-28)24-22(29)16-26-13-14-31-20-6-4-3-5-18(20)15-26/h3-6,17,19H,7-16H2,1-2H3,(H,24,29). The number of benzene rings is 1.